The molecule has 0 atom stereocenters. The molecule has 0 amide bonds. The lowest BCUT2D eigenvalue weighted by Crippen LogP contribution is -1.83. The van der Waals surface area contributed by atoms with Crippen molar-refractivity contribution >= 4 is 22.5 Å². The lowest BCUT2D eigenvalue weighted by Gasteiger charge is -1.99. The predicted molar refractivity (Wildman–Crippen MR) is 48.0 cm³/mol. The van der Waals surface area contributed by atoms with Gasteiger partial charge in [-0.05, 0) is 24.6 Å². The number of aromatic amines is 1. The fourth-order valence-electron chi connectivity index (χ4n) is 1.30. The Balaban J connectivity index is 2.97. The highest BCUT2D eigenvalue weighted by Gasteiger charge is 2.07. The highest BCUT2D eigenvalue weighted by molar-refractivity contribution is 6.35. The minimum absolute atomic E-state index is 0.257. The van der Waals surface area contributed by atoms with Crippen LogP contribution >= 0.6 is 11.6 Å². The van der Waals surface area contributed by atoms with Crippen LogP contribution in [0.3, 0.4) is 0 Å². The van der Waals surface area contributed by atoms with Gasteiger partial charge < -0.3 is 4.98 Å². The fraction of sp³-hybridized carbons (Fsp3) is 0.111. The molecule has 62 valence electrons. The molecule has 0 bridgehead atoms. The van der Waals surface area contributed by atoms with E-state index in [1.54, 1.807) is 13.1 Å². The first-order valence-corrected chi connectivity index (χ1v) is 3.99. The predicted octanol–water partition coefficient (Wildman–Crippen LogP) is 3.27. The van der Waals surface area contributed by atoms with E-state index in [1.807, 2.05) is 6.07 Å². The first kappa shape index (κ1) is 7.62. The SMILES string of the molecule is Cc1c(F)cc(Cl)c2[nH]ccc12. The Labute approximate surface area is 74.2 Å². The van der Waals surface area contributed by atoms with Gasteiger partial charge in [-0.15, -0.1) is 0 Å². The molecule has 0 saturated heterocycles. The van der Waals surface area contributed by atoms with Gasteiger partial charge in [0, 0.05) is 11.6 Å². The van der Waals surface area contributed by atoms with Crippen molar-refractivity contribution in [2.75, 3.05) is 0 Å². The van der Waals surface area contributed by atoms with Crippen LogP contribution < -0.4 is 0 Å². The largest absolute Gasteiger partial charge is 0.360 e. The van der Waals surface area contributed by atoms with Gasteiger partial charge in [0.05, 0.1) is 10.5 Å². The van der Waals surface area contributed by atoms with Crippen molar-refractivity contribution in [1.82, 2.24) is 4.98 Å². The number of aromatic nitrogens is 1. The molecule has 1 N–H and O–H groups in total. The Hall–Kier alpha value is -1.02. The fourth-order valence-corrected chi connectivity index (χ4v) is 1.55. The average molecular weight is 184 g/mol. The Morgan fingerprint density at radius 3 is 3.00 bits per heavy atom. The van der Waals surface area contributed by atoms with Crippen LogP contribution in [0.5, 0.6) is 0 Å². The van der Waals surface area contributed by atoms with E-state index in [4.69, 9.17) is 11.6 Å². The lowest BCUT2D eigenvalue weighted by molar-refractivity contribution is 0.621. The molecule has 1 aromatic carbocycles. The van der Waals surface area contributed by atoms with Crippen LogP contribution in [-0.4, -0.2) is 4.98 Å². The summed E-state index contributed by atoms with van der Waals surface area (Å²) >= 11 is 5.80. The summed E-state index contributed by atoms with van der Waals surface area (Å²) in [4.78, 5) is 2.96. The third-order valence-corrected chi connectivity index (χ3v) is 2.30. The zero-order valence-electron chi connectivity index (χ0n) is 6.49. The molecule has 0 aliphatic heterocycles. The van der Waals surface area contributed by atoms with Crippen LogP contribution in [0.1, 0.15) is 5.56 Å². The number of rotatable bonds is 0. The molecule has 1 aromatic heterocycles. The van der Waals surface area contributed by atoms with Crippen molar-refractivity contribution in [3.63, 3.8) is 0 Å². The quantitative estimate of drug-likeness (QED) is 0.645. The summed E-state index contributed by atoms with van der Waals surface area (Å²) in [5.74, 6) is -0.257. The van der Waals surface area contributed by atoms with E-state index in [0.717, 1.165) is 10.9 Å². The summed E-state index contributed by atoms with van der Waals surface area (Å²) < 4.78 is 13.1. The smallest absolute Gasteiger partial charge is 0.128 e. The van der Waals surface area contributed by atoms with Gasteiger partial charge in [-0.25, -0.2) is 4.39 Å². The van der Waals surface area contributed by atoms with Gasteiger partial charge in [-0.1, -0.05) is 11.6 Å². The van der Waals surface area contributed by atoms with Crippen molar-refractivity contribution in [2.24, 2.45) is 0 Å². The van der Waals surface area contributed by atoms with Crippen LogP contribution in [0.4, 0.5) is 4.39 Å². The number of benzene rings is 1. The second-order valence-electron chi connectivity index (χ2n) is 2.73. The Morgan fingerprint density at radius 2 is 2.25 bits per heavy atom. The summed E-state index contributed by atoms with van der Waals surface area (Å²) in [7, 11) is 0. The number of H-pyrrole nitrogens is 1. The molecule has 1 nitrogen and oxygen atoms in total. The van der Waals surface area contributed by atoms with E-state index >= 15 is 0 Å². The zero-order valence-corrected chi connectivity index (χ0v) is 7.24. The van der Waals surface area contributed by atoms with Crippen LogP contribution in [0, 0.1) is 12.7 Å². The van der Waals surface area contributed by atoms with Crippen molar-refractivity contribution in [3.05, 3.63) is 34.7 Å². The second kappa shape index (κ2) is 2.49. The van der Waals surface area contributed by atoms with Gasteiger partial charge in [0.15, 0.2) is 0 Å². The minimum atomic E-state index is -0.257. The van der Waals surface area contributed by atoms with Crippen LogP contribution in [0.25, 0.3) is 10.9 Å². The first-order chi connectivity index (χ1) is 5.70. The monoisotopic (exact) mass is 183 g/mol. The number of aryl methyl sites for hydroxylation is 1. The number of nitrogens with one attached hydrogen (secondary N) is 1. The van der Waals surface area contributed by atoms with E-state index in [0.29, 0.717) is 10.6 Å². The van der Waals surface area contributed by atoms with Gasteiger partial charge >= 0.3 is 0 Å². The normalized spacial score (nSPS) is 10.9. The van der Waals surface area contributed by atoms with Crippen molar-refractivity contribution < 1.29 is 4.39 Å². The maximum absolute atomic E-state index is 13.1. The maximum atomic E-state index is 13.1. The van der Waals surface area contributed by atoms with E-state index in [1.165, 1.54) is 6.07 Å². The molecule has 3 heteroatoms. The van der Waals surface area contributed by atoms with Crippen LogP contribution in [-0.2, 0) is 0 Å². The topological polar surface area (TPSA) is 15.8 Å². The molecular formula is C9H7ClFN. The highest BCUT2D eigenvalue weighted by Crippen LogP contribution is 2.26. The van der Waals surface area contributed by atoms with E-state index < -0.39 is 0 Å². The standard InChI is InChI=1S/C9H7ClFN/c1-5-6-2-3-12-9(6)7(10)4-8(5)11/h2-4,12H,1H3. The molecule has 12 heavy (non-hydrogen) atoms. The molecule has 2 aromatic rings. The van der Waals surface area contributed by atoms with Gasteiger partial charge in [0.2, 0.25) is 0 Å². The molecule has 0 spiro atoms. The Morgan fingerprint density at radius 1 is 1.50 bits per heavy atom. The molecule has 0 saturated carbocycles. The molecule has 0 fully saturated rings. The summed E-state index contributed by atoms with van der Waals surface area (Å²) in [6.07, 6.45) is 1.75. The molecule has 0 aliphatic carbocycles. The number of halogens is 2. The van der Waals surface area contributed by atoms with Crippen LogP contribution in [0.15, 0.2) is 18.3 Å². The molecule has 1 heterocycles. The van der Waals surface area contributed by atoms with Gasteiger partial charge in [-0.3, -0.25) is 0 Å². The van der Waals surface area contributed by atoms with Gasteiger partial charge in [0.1, 0.15) is 5.82 Å². The average Bonchev–Trinajstić information content (AvgIpc) is 2.48. The number of hydrogen-bond donors (Lipinski definition) is 1. The minimum Gasteiger partial charge on any atom is -0.360 e. The van der Waals surface area contributed by atoms with Crippen molar-refractivity contribution in [3.8, 4) is 0 Å². The Kier molecular flexibility index (Phi) is 1.58. The summed E-state index contributed by atoms with van der Waals surface area (Å²) in [6, 6.07) is 3.15. The van der Waals surface area contributed by atoms with E-state index in [2.05, 4.69) is 4.98 Å². The molecule has 0 radical (unpaired) electrons. The van der Waals surface area contributed by atoms with Crippen molar-refractivity contribution in [2.45, 2.75) is 6.92 Å². The zero-order chi connectivity index (χ0) is 8.72. The van der Waals surface area contributed by atoms with E-state index in [-0.39, 0.29) is 5.82 Å². The van der Waals surface area contributed by atoms with Gasteiger partial charge in [-0.2, -0.15) is 0 Å². The highest BCUT2D eigenvalue weighted by atomic mass is 35.5. The molecule has 0 aliphatic rings. The second-order valence-corrected chi connectivity index (χ2v) is 3.14. The first-order valence-electron chi connectivity index (χ1n) is 3.62. The molecular weight excluding hydrogens is 177 g/mol. The Bertz CT molecular complexity index is 433. The summed E-state index contributed by atoms with van der Waals surface area (Å²) in [5, 5.41) is 1.28. The lowest BCUT2D eigenvalue weighted by atomic mass is 10.1. The third kappa shape index (κ3) is 0.916. The van der Waals surface area contributed by atoms with E-state index in [9.17, 15) is 4.39 Å². The maximum Gasteiger partial charge on any atom is 0.128 e. The molecule has 2 rings (SSSR count). The summed E-state index contributed by atoms with van der Waals surface area (Å²) in [5.41, 5.74) is 1.44. The molecule has 0 unspecified atom stereocenters. The number of hydrogen-bond acceptors (Lipinski definition) is 0. The van der Waals surface area contributed by atoms with Gasteiger partial charge in [0.25, 0.3) is 0 Å². The number of fused-ring (bicyclic) bond motifs is 1. The van der Waals surface area contributed by atoms with Crippen molar-refractivity contribution in [1.29, 1.82) is 0 Å². The third-order valence-electron chi connectivity index (χ3n) is 2.00. The van der Waals surface area contributed by atoms with Crippen LogP contribution in [0.2, 0.25) is 5.02 Å². The summed E-state index contributed by atoms with van der Waals surface area (Å²) in [6.45, 7) is 1.74.